The van der Waals surface area contributed by atoms with Gasteiger partial charge in [0.2, 0.25) is 0 Å². The Balaban J connectivity index is 2.04. The van der Waals surface area contributed by atoms with Crippen LogP contribution < -0.4 is 5.73 Å². The van der Waals surface area contributed by atoms with Crippen LogP contribution in [-0.2, 0) is 0 Å². The summed E-state index contributed by atoms with van der Waals surface area (Å²) in [4.78, 5) is 2.63. The Morgan fingerprint density at radius 1 is 1.00 bits per heavy atom. The average Bonchev–Trinajstić information content (AvgIpc) is 2.39. The van der Waals surface area contributed by atoms with Gasteiger partial charge in [0.1, 0.15) is 0 Å². The average molecular weight is 264 g/mol. The molecule has 0 aromatic heterocycles. The molecule has 1 aliphatic carbocycles. The third-order valence-corrected chi connectivity index (χ3v) is 5.16. The molecule has 0 saturated carbocycles. The molecule has 1 fully saturated rings. The van der Waals surface area contributed by atoms with Gasteiger partial charge in [-0.2, -0.15) is 0 Å². The summed E-state index contributed by atoms with van der Waals surface area (Å²) in [5, 5.41) is 0. The first-order valence-corrected chi connectivity index (χ1v) is 8.32. The van der Waals surface area contributed by atoms with Gasteiger partial charge < -0.3 is 5.73 Å². The van der Waals surface area contributed by atoms with Crippen molar-refractivity contribution < 1.29 is 0 Å². The predicted molar refractivity (Wildman–Crippen MR) is 83.3 cm³/mol. The van der Waals surface area contributed by atoms with Crippen molar-refractivity contribution in [2.45, 2.75) is 83.2 Å². The molecule has 1 atom stereocenters. The molecule has 2 rings (SSSR count). The van der Waals surface area contributed by atoms with E-state index in [0.717, 1.165) is 0 Å². The van der Waals surface area contributed by atoms with E-state index in [1.807, 2.05) is 0 Å². The Morgan fingerprint density at radius 3 is 2.37 bits per heavy atom. The molecule has 0 amide bonds. The van der Waals surface area contributed by atoms with Gasteiger partial charge in [-0.3, -0.25) is 4.90 Å². The maximum absolute atomic E-state index is 6.67. The first-order valence-electron chi connectivity index (χ1n) is 8.32. The fourth-order valence-electron chi connectivity index (χ4n) is 3.62. The SMILES string of the molecule is CC(C)(C(N)C1=CCCCCCC1)N1CCCCC1. The van der Waals surface area contributed by atoms with Crippen LogP contribution in [-0.4, -0.2) is 29.6 Å². The van der Waals surface area contributed by atoms with Crippen LogP contribution in [0.1, 0.15) is 71.6 Å². The molecule has 0 bridgehead atoms. The van der Waals surface area contributed by atoms with Crippen molar-refractivity contribution in [2.24, 2.45) is 5.73 Å². The van der Waals surface area contributed by atoms with Crippen LogP contribution in [0.15, 0.2) is 11.6 Å². The zero-order valence-electron chi connectivity index (χ0n) is 13.0. The lowest BCUT2D eigenvalue weighted by atomic mass is 9.82. The zero-order valence-corrected chi connectivity index (χ0v) is 13.0. The normalized spacial score (nSPS) is 25.3. The number of hydrogen-bond acceptors (Lipinski definition) is 2. The number of piperidine rings is 1. The molecule has 2 nitrogen and oxygen atoms in total. The van der Waals surface area contributed by atoms with Gasteiger partial charge in [0, 0.05) is 11.6 Å². The molecule has 0 aromatic carbocycles. The maximum Gasteiger partial charge on any atom is 0.0435 e. The minimum absolute atomic E-state index is 0.117. The number of allylic oxidation sites excluding steroid dienone is 1. The van der Waals surface area contributed by atoms with Gasteiger partial charge in [0.25, 0.3) is 0 Å². The lowest BCUT2D eigenvalue weighted by Crippen LogP contribution is -2.58. The fourth-order valence-corrected chi connectivity index (χ4v) is 3.62. The highest BCUT2D eigenvalue weighted by molar-refractivity contribution is 5.17. The molecule has 1 saturated heterocycles. The summed E-state index contributed by atoms with van der Waals surface area (Å²) in [7, 11) is 0. The number of hydrogen-bond donors (Lipinski definition) is 1. The number of likely N-dealkylation sites (tertiary alicyclic amines) is 1. The Bertz CT molecular complexity index is 300. The monoisotopic (exact) mass is 264 g/mol. The van der Waals surface area contributed by atoms with Crippen molar-refractivity contribution >= 4 is 0 Å². The Hall–Kier alpha value is -0.340. The molecule has 19 heavy (non-hydrogen) atoms. The van der Waals surface area contributed by atoms with E-state index in [1.165, 1.54) is 76.5 Å². The highest BCUT2D eigenvalue weighted by atomic mass is 15.2. The minimum Gasteiger partial charge on any atom is -0.323 e. The topological polar surface area (TPSA) is 29.3 Å². The molecule has 0 radical (unpaired) electrons. The zero-order chi connectivity index (χ0) is 13.7. The van der Waals surface area contributed by atoms with Crippen molar-refractivity contribution in [3.8, 4) is 0 Å². The van der Waals surface area contributed by atoms with Gasteiger partial charge in [0.05, 0.1) is 0 Å². The Kier molecular flexibility index (Phi) is 5.47. The minimum atomic E-state index is 0.117. The summed E-state index contributed by atoms with van der Waals surface area (Å²) >= 11 is 0. The van der Waals surface area contributed by atoms with E-state index in [-0.39, 0.29) is 11.6 Å². The Morgan fingerprint density at radius 2 is 1.63 bits per heavy atom. The van der Waals surface area contributed by atoms with E-state index in [2.05, 4.69) is 24.8 Å². The van der Waals surface area contributed by atoms with E-state index >= 15 is 0 Å². The van der Waals surface area contributed by atoms with Crippen LogP contribution in [0, 0.1) is 0 Å². The molecule has 110 valence electrons. The molecule has 0 aromatic rings. The summed E-state index contributed by atoms with van der Waals surface area (Å²) in [6.07, 6.45) is 14.4. The fraction of sp³-hybridized carbons (Fsp3) is 0.882. The van der Waals surface area contributed by atoms with Gasteiger partial charge in [-0.1, -0.05) is 30.9 Å². The summed E-state index contributed by atoms with van der Waals surface area (Å²) < 4.78 is 0. The van der Waals surface area contributed by atoms with Crippen molar-refractivity contribution in [1.82, 2.24) is 4.90 Å². The van der Waals surface area contributed by atoms with Gasteiger partial charge in [-0.25, -0.2) is 0 Å². The van der Waals surface area contributed by atoms with Gasteiger partial charge in [0.15, 0.2) is 0 Å². The maximum atomic E-state index is 6.67. The predicted octanol–water partition coefficient (Wildman–Crippen LogP) is 3.86. The van der Waals surface area contributed by atoms with Crippen LogP contribution in [0.2, 0.25) is 0 Å². The second kappa shape index (κ2) is 6.90. The van der Waals surface area contributed by atoms with Gasteiger partial charge in [-0.15, -0.1) is 0 Å². The number of nitrogens with two attached hydrogens (primary N) is 1. The Labute approximate surface area is 119 Å². The highest BCUT2D eigenvalue weighted by Crippen LogP contribution is 2.29. The second-order valence-electron chi connectivity index (χ2n) is 6.91. The van der Waals surface area contributed by atoms with Crippen LogP contribution >= 0.6 is 0 Å². The standard InChI is InChI=1S/C17H32N2/c1-17(2,19-13-9-6-10-14-19)16(18)15-11-7-4-3-5-8-12-15/h11,16H,3-10,12-14,18H2,1-2H3. The van der Waals surface area contributed by atoms with Crippen molar-refractivity contribution in [1.29, 1.82) is 0 Å². The molecule has 1 aliphatic heterocycles. The van der Waals surface area contributed by atoms with Gasteiger partial charge in [-0.05, 0) is 65.5 Å². The summed E-state index contributed by atoms with van der Waals surface area (Å²) in [5.74, 6) is 0. The largest absolute Gasteiger partial charge is 0.323 e. The first kappa shape index (κ1) is 15.1. The number of rotatable bonds is 3. The van der Waals surface area contributed by atoms with E-state index in [9.17, 15) is 0 Å². The molecule has 2 aliphatic rings. The molecule has 0 spiro atoms. The third-order valence-electron chi connectivity index (χ3n) is 5.16. The molecular weight excluding hydrogens is 232 g/mol. The van der Waals surface area contributed by atoms with Crippen LogP contribution in [0.3, 0.4) is 0 Å². The van der Waals surface area contributed by atoms with Crippen LogP contribution in [0.4, 0.5) is 0 Å². The smallest absolute Gasteiger partial charge is 0.0435 e. The van der Waals surface area contributed by atoms with Crippen molar-refractivity contribution in [3.63, 3.8) is 0 Å². The molecule has 2 heteroatoms. The first-order chi connectivity index (χ1) is 9.12. The molecule has 1 unspecified atom stereocenters. The molecule has 1 heterocycles. The van der Waals surface area contributed by atoms with E-state index < -0.39 is 0 Å². The third kappa shape index (κ3) is 3.82. The lowest BCUT2D eigenvalue weighted by molar-refractivity contribution is 0.0812. The molecular formula is C17H32N2. The second-order valence-corrected chi connectivity index (χ2v) is 6.91. The quantitative estimate of drug-likeness (QED) is 0.784. The van der Waals surface area contributed by atoms with Crippen molar-refractivity contribution in [2.75, 3.05) is 13.1 Å². The lowest BCUT2D eigenvalue weighted by Gasteiger charge is -2.45. The van der Waals surface area contributed by atoms with E-state index in [0.29, 0.717) is 0 Å². The van der Waals surface area contributed by atoms with Gasteiger partial charge >= 0.3 is 0 Å². The van der Waals surface area contributed by atoms with Crippen LogP contribution in [0.25, 0.3) is 0 Å². The summed E-state index contributed by atoms with van der Waals surface area (Å²) in [6.45, 7) is 7.16. The highest BCUT2D eigenvalue weighted by Gasteiger charge is 2.35. The summed E-state index contributed by atoms with van der Waals surface area (Å²) in [5.41, 5.74) is 8.31. The summed E-state index contributed by atoms with van der Waals surface area (Å²) in [6, 6.07) is 0.212. The van der Waals surface area contributed by atoms with E-state index in [1.54, 1.807) is 0 Å². The van der Waals surface area contributed by atoms with E-state index in [4.69, 9.17) is 5.73 Å². The van der Waals surface area contributed by atoms with Crippen LogP contribution in [0.5, 0.6) is 0 Å². The van der Waals surface area contributed by atoms with Crippen molar-refractivity contribution in [3.05, 3.63) is 11.6 Å². The number of nitrogens with zero attached hydrogens (tertiary/aromatic N) is 1. The molecule has 2 N–H and O–H groups in total.